The van der Waals surface area contributed by atoms with E-state index in [0.717, 1.165) is 24.2 Å². The summed E-state index contributed by atoms with van der Waals surface area (Å²) in [6, 6.07) is 10.4. The van der Waals surface area contributed by atoms with Crippen LogP contribution in [-0.4, -0.2) is 30.1 Å². The summed E-state index contributed by atoms with van der Waals surface area (Å²) in [5, 5.41) is 0. The molecule has 0 spiro atoms. The quantitative estimate of drug-likeness (QED) is 0.890. The molecule has 0 radical (unpaired) electrons. The fraction of sp³-hybridized carbons (Fsp3) is 0.333. The minimum absolute atomic E-state index is 0.593. The lowest BCUT2D eigenvalue weighted by Gasteiger charge is -2.16. The van der Waals surface area contributed by atoms with Gasteiger partial charge in [0.25, 0.3) is 0 Å². The first-order valence-corrected chi connectivity index (χ1v) is 6.58. The molecular weight excluding hydrogens is 236 g/mol. The fourth-order valence-corrected chi connectivity index (χ4v) is 1.90. The first-order valence-electron chi connectivity index (χ1n) is 6.58. The number of hydrogen-bond donors (Lipinski definition) is 1. The Morgan fingerprint density at radius 1 is 1.16 bits per heavy atom. The van der Waals surface area contributed by atoms with E-state index in [1.165, 1.54) is 5.56 Å². The predicted molar refractivity (Wildman–Crippen MR) is 79.2 cm³/mol. The molecule has 0 fully saturated rings. The molecule has 0 unspecified atom stereocenters. The molecule has 0 bridgehead atoms. The van der Waals surface area contributed by atoms with Crippen LogP contribution < -0.4 is 10.6 Å². The van der Waals surface area contributed by atoms with Gasteiger partial charge in [-0.25, -0.2) is 9.97 Å². The third-order valence-electron chi connectivity index (χ3n) is 3.11. The highest BCUT2D eigenvalue weighted by atomic mass is 15.2. The molecule has 0 amide bonds. The second-order valence-corrected chi connectivity index (χ2v) is 4.50. The van der Waals surface area contributed by atoms with E-state index in [1.807, 2.05) is 18.0 Å². The van der Waals surface area contributed by atoms with Crippen molar-refractivity contribution in [3.8, 4) is 11.3 Å². The summed E-state index contributed by atoms with van der Waals surface area (Å²) in [6.45, 7) is 3.49. The van der Waals surface area contributed by atoms with Crippen molar-refractivity contribution in [1.29, 1.82) is 0 Å². The van der Waals surface area contributed by atoms with Crippen molar-refractivity contribution in [2.45, 2.75) is 13.3 Å². The Kier molecular flexibility index (Phi) is 4.47. The van der Waals surface area contributed by atoms with Gasteiger partial charge in [-0.05, 0) is 18.1 Å². The largest absolute Gasteiger partial charge is 0.343 e. The van der Waals surface area contributed by atoms with E-state index in [2.05, 4.69) is 41.2 Å². The monoisotopic (exact) mass is 256 g/mol. The molecule has 2 rings (SSSR count). The van der Waals surface area contributed by atoms with Crippen molar-refractivity contribution in [3.05, 3.63) is 42.1 Å². The highest BCUT2D eigenvalue weighted by Gasteiger charge is 2.05. The molecule has 0 saturated heterocycles. The Bertz CT molecular complexity index is 522. The third-order valence-corrected chi connectivity index (χ3v) is 3.11. The van der Waals surface area contributed by atoms with Crippen molar-refractivity contribution < 1.29 is 0 Å². The minimum atomic E-state index is 0.593. The average molecular weight is 256 g/mol. The van der Waals surface area contributed by atoms with Crippen LogP contribution in [0, 0.1) is 0 Å². The van der Waals surface area contributed by atoms with Crippen molar-refractivity contribution in [3.63, 3.8) is 0 Å². The zero-order valence-corrected chi connectivity index (χ0v) is 11.5. The van der Waals surface area contributed by atoms with Crippen LogP contribution in [-0.2, 0) is 6.42 Å². The van der Waals surface area contributed by atoms with Gasteiger partial charge in [-0.2, -0.15) is 0 Å². The van der Waals surface area contributed by atoms with Gasteiger partial charge in [0.05, 0.1) is 5.69 Å². The molecule has 0 aliphatic carbocycles. The lowest BCUT2D eigenvalue weighted by atomic mass is 10.1. The molecule has 0 aliphatic heterocycles. The lowest BCUT2D eigenvalue weighted by Crippen LogP contribution is -2.26. The minimum Gasteiger partial charge on any atom is -0.343 e. The van der Waals surface area contributed by atoms with E-state index < -0.39 is 0 Å². The predicted octanol–water partition coefficient (Wildman–Crippen LogP) is 2.10. The Hall–Kier alpha value is -1.94. The maximum atomic E-state index is 5.55. The van der Waals surface area contributed by atoms with Crippen molar-refractivity contribution in [1.82, 2.24) is 9.97 Å². The number of likely N-dealkylation sites (N-methyl/N-ethyl adjacent to an activating group) is 1. The van der Waals surface area contributed by atoms with Gasteiger partial charge in [-0.15, -0.1) is 0 Å². The molecule has 2 N–H and O–H groups in total. The summed E-state index contributed by atoms with van der Waals surface area (Å²) in [5.41, 5.74) is 8.94. The smallest absolute Gasteiger partial charge is 0.225 e. The zero-order valence-electron chi connectivity index (χ0n) is 11.5. The maximum Gasteiger partial charge on any atom is 0.225 e. The molecule has 4 nitrogen and oxygen atoms in total. The van der Waals surface area contributed by atoms with E-state index in [0.29, 0.717) is 12.5 Å². The zero-order chi connectivity index (χ0) is 13.7. The normalized spacial score (nSPS) is 10.5. The average Bonchev–Trinajstić information content (AvgIpc) is 2.48. The summed E-state index contributed by atoms with van der Waals surface area (Å²) in [6.07, 6.45) is 2.84. The number of hydrogen-bond acceptors (Lipinski definition) is 4. The molecule has 4 heteroatoms. The standard InChI is InChI=1S/C15H20N4/c1-3-12-4-6-13(7-5-12)14-8-10-17-15(18-14)19(2)11-9-16/h4-8,10H,3,9,11,16H2,1-2H3. The summed E-state index contributed by atoms with van der Waals surface area (Å²) < 4.78 is 0. The van der Waals surface area contributed by atoms with Gasteiger partial charge in [0.1, 0.15) is 0 Å². The van der Waals surface area contributed by atoms with Gasteiger partial charge in [0, 0.05) is 31.9 Å². The van der Waals surface area contributed by atoms with E-state index in [4.69, 9.17) is 5.73 Å². The van der Waals surface area contributed by atoms with E-state index in [1.54, 1.807) is 6.20 Å². The fourth-order valence-electron chi connectivity index (χ4n) is 1.90. The summed E-state index contributed by atoms with van der Waals surface area (Å²) in [7, 11) is 1.95. The van der Waals surface area contributed by atoms with Crippen LogP contribution >= 0.6 is 0 Å². The first kappa shape index (κ1) is 13.5. The number of nitrogens with two attached hydrogens (primary N) is 1. The summed E-state index contributed by atoms with van der Waals surface area (Å²) >= 11 is 0. The van der Waals surface area contributed by atoms with Gasteiger partial charge in [-0.3, -0.25) is 0 Å². The molecule has 19 heavy (non-hydrogen) atoms. The number of benzene rings is 1. The molecular formula is C15H20N4. The van der Waals surface area contributed by atoms with Crippen LogP contribution in [0.5, 0.6) is 0 Å². The number of aryl methyl sites for hydroxylation is 1. The molecule has 100 valence electrons. The number of nitrogens with zero attached hydrogens (tertiary/aromatic N) is 3. The third kappa shape index (κ3) is 3.29. The molecule has 1 aromatic heterocycles. The Labute approximate surface area is 114 Å². The molecule has 1 heterocycles. The molecule has 0 saturated carbocycles. The highest BCUT2D eigenvalue weighted by molar-refractivity contribution is 5.60. The van der Waals surface area contributed by atoms with E-state index >= 15 is 0 Å². The van der Waals surface area contributed by atoms with Gasteiger partial charge in [-0.1, -0.05) is 31.2 Å². The van der Waals surface area contributed by atoms with Crippen LogP contribution in [0.3, 0.4) is 0 Å². The van der Waals surface area contributed by atoms with Gasteiger partial charge in [0.15, 0.2) is 0 Å². The van der Waals surface area contributed by atoms with Crippen LogP contribution in [0.2, 0.25) is 0 Å². The maximum absolute atomic E-state index is 5.55. The number of rotatable bonds is 5. The Balaban J connectivity index is 2.26. The van der Waals surface area contributed by atoms with Crippen molar-refractivity contribution in [2.24, 2.45) is 5.73 Å². The van der Waals surface area contributed by atoms with Crippen LogP contribution in [0.15, 0.2) is 36.5 Å². The molecule has 0 aliphatic rings. The topological polar surface area (TPSA) is 55.0 Å². The van der Waals surface area contributed by atoms with E-state index in [-0.39, 0.29) is 0 Å². The Morgan fingerprint density at radius 3 is 2.53 bits per heavy atom. The van der Waals surface area contributed by atoms with Crippen molar-refractivity contribution >= 4 is 5.95 Å². The lowest BCUT2D eigenvalue weighted by molar-refractivity contribution is 0.847. The summed E-state index contributed by atoms with van der Waals surface area (Å²) in [4.78, 5) is 10.8. The second kappa shape index (κ2) is 6.29. The Morgan fingerprint density at radius 2 is 1.89 bits per heavy atom. The second-order valence-electron chi connectivity index (χ2n) is 4.50. The van der Waals surface area contributed by atoms with Gasteiger partial charge < -0.3 is 10.6 Å². The molecule has 2 aromatic rings. The van der Waals surface area contributed by atoms with Crippen LogP contribution in [0.25, 0.3) is 11.3 Å². The summed E-state index contributed by atoms with van der Waals surface area (Å²) in [5.74, 6) is 0.711. The highest BCUT2D eigenvalue weighted by Crippen LogP contribution is 2.19. The first-order chi connectivity index (χ1) is 9.24. The molecule has 1 aromatic carbocycles. The molecule has 0 atom stereocenters. The van der Waals surface area contributed by atoms with Crippen LogP contribution in [0.4, 0.5) is 5.95 Å². The van der Waals surface area contributed by atoms with Crippen molar-refractivity contribution in [2.75, 3.05) is 25.0 Å². The van der Waals surface area contributed by atoms with Gasteiger partial charge in [0.2, 0.25) is 5.95 Å². The van der Waals surface area contributed by atoms with Gasteiger partial charge >= 0.3 is 0 Å². The number of aromatic nitrogens is 2. The van der Waals surface area contributed by atoms with E-state index in [9.17, 15) is 0 Å². The number of anilines is 1. The van der Waals surface area contributed by atoms with Crippen LogP contribution in [0.1, 0.15) is 12.5 Å². The SMILES string of the molecule is CCc1ccc(-c2ccnc(N(C)CCN)n2)cc1.